The molecule has 100 heavy (non-hydrogen) atoms. The van der Waals surface area contributed by atoms with Gasteiger partial charge in [-0.25, -0.2) is 43.9 Å². The van der Waals surface area contributed by atoms with Gasteiger partial charge in [0.1, 0.15) is 88.0 Å². The molecule has 25 heteroatoms. The summed E-state index contributed by atoms with van der Waals surface area (Å²) in [6.07, 6.45) is 16.8. The Balaban J connectivity index is 0.000000135. The van der Waals surface area contributed by atoms with Crippen molar-refractivity contribution in [1.82, 2.24) is 78.8 Å². The number of nitrogens with zero attached hydrogens (tertiary/aromatic N) is 16. The molecule has 6 aromatic heterocycles. The summed E-state index contributed by atoms with van der Waals surface area (Å²) in [5.41, 5.74) is 25.4. The maximum absolute atomic E-state index is 12.6. The van der Waals surface area contributed by atoms with Crippen LogP contribution >= 0.6 is 0 Å². The van der Waals surface area contributed by atoms with Gasteiger partial charge in [-0.2, -0.15) is 15.3 Å². The van der Waals surface area contributed by atoms with Crippen LogP contribution in [0, 0.1) is 12.3 Å². The van der Waals surface area contributed by atoms with Crippen LogP contribution in [0.15, 0.2) is 208 Å². The minimum Gasteiger partial charge on any atom is -0.457 e. The fourth-order valence-electron chi connectivity index (χ4n) is 12.4. The molecule has 0 bridgehead atoms. The molecule has 0 aliphatic carbocycles. The predicted molar refractivity (Wildman–Crippen MR) is 382 cm³/mol. The number of fused-ring (bicyclic) bond motifs is 3. The molecule has 0 spiro atoms. The number of rotatable bonds is 16. The monoisotopic (exact) mass is 1330 g/mol. The van der Waals surface area contributed by atoms with Crippen LogP contribution in [0.25, 0.3) is 66.9 Å². The van der Waals surface area contributed by atoms with E-state index in [1.54, 1.807) is 15.9 Å². The van der Waals surface area contributed by atoms with Gasteiger partial charge in [0.15, 0.2) is 16.9 Å². The highest BCUT2D eigenvalue weighted by Gasteiger charge is 2.34. The number of carbonyl (C=O) groups excluding carboxylic acids is 3. The van der Waals surface area contributed by atoms with Crippen LogP contribution < -0.4 is 31.4 Å². The summed E-state index contributed by atoms with van der Waals surface area (Å²) in [5, 5.41) is 16.7. The highest BCUT2D eigenvalue weighted by molar-refractivity contribution is 6.01. The van der Waals surface area contributed by atoms with Crippen molar-refractivity contribution in [1.29, 1.82) is 0 Å². The van der Waals surface area contributed by atoms with E-state index in [1.807, 2.05) is 208 Å². The minimum atomic E-state index is -0.313. The third kappa shape index (κ3) is 14.5. The molecule has 3 aliphatic heterocycles. The van der Waals surface area contributed by atoms with Gasteiger partial charge in [0.25, 0.3) is 5.91 Å². The van der Waals surface area contributed by atoms with E-state index in [4.69, 9.17) is 53.1 Å². The number of likely N-dealkylation sites (N-methyl/N-ethyl adjacent to an activating group) is 1. The molecule has 3 atom stereocenters. The average Bonchev–Trinajstić information content (AvgIpc) is 1.62. The summed E-state index contributed by atoms with van der Waals surface area (Å²) >= 11 is 0. The van der Waals surface area contributed by atoms with E-state index < -0.39 is 0 Å². The Morgan fingerprint density at radius 2 is 0.800 bits per heavy atom. The van der Waals surface area contributed by atoms with Gasteiger partial charge >= 0.3 is 0 Å². The Morgan fingerprint density at radius 1 is 0.480 bits per heavy atom. The first-order valence-electron chi connectivity index (χ1n) is 32.5. The summed E-state index contributed by atoms with van der Waals surface area (Å²) < 4.78 is 23.3. The quantitative estimate of drug-likeness (QED) is 0.0598. The van der Waals surface area contributed by atoms with Gasteiger partial charge in [-0.05, 0) is 155 Å². The van der Waals surface area contributed by atoms with Crippen molar-refractivity contribution in [2.24, 2.45) is 0 Å². The first-order chi connectivity index (χ1) is 48.8. The zero-order chi connectivity index (χ0) is 69.2. The maximum atomic E-state index is 12.6. The molecule has 0 radical (unpaired) electrons. The lowest BCUT2D eigenvalue weighted by atomic mass is 10.1. The van der Waals surface area contributed by atoms with Crippen molar-refractivity contribution in [2.45, 2.75) is 37.4 Å². The lowest BCUT2D eigenvalue weighted by Gasteiger charge is -2.15. The Morgan fingerprint density at radius 3 is 1.13 bits per heavy atom. The number of terminal acetylenes is 1. The van der Waals surface area contributed by atoms with Crippen LogP contribution in [0.4, 0.5) is 17.5 Å². The summed E-state index contributed by atoms with van der Waals surface area (Å²) in [5.74, 6) is 7.38. The first-order valence-corrected chi connectivity index (χ1v) is 32.5. The predicted octanol–water partition coefficient (Wildman–Crippen LogP) is 10.9. The fourth-order valence-corrected chi connectivity index (χ4v) is 12.4. The van der Waals surface area contributed by atoms with Crippen molar-refractivity contribution in [3.05, 3.63) is 208 Å². The van der Waals surface area contributed by atoms with E-state index in [9.17, 15) is 14.4 Å². The van der Waals surface area contributed by atoms with Crippen LogP contribution in [0.2, 0.25) is 0 Å². The van der Waals surface area contributed by atoms with Gasteiger partial charge in [0.2, 0.25) is 11.8 Å². The number of nitrogens with two attached hydrogens (primary N) is 3. The zero-order valence-electron chi connectivity index (χ0n) is 55.0. The van der Waals surface area contributed by atoms with Crippen molar-refractivity contribution < 1.29 is 28.6 Å². The molecule has 6 N–H and O–H groups in total. The Kier molecular flexibility index (Phi) is 19.5. The van der Waals surface area contributed by atoms with Gasteiger partial charge < -0.3 is 51.0 Å². The lowest BCUT2D eigenvalue weighted by Crippen LogP contribution is -2.28. The number of para-hydroxylation sites is 3. The number of likely N-dealkylation sites (tertiary alicyclic amines) is 3. The number of hydrogen-bond donors (Lipinski definition) is 3. The number of nitrogen functional groups attached to an aromatic ring is 3. The van der Waals surface area contributed by atoms with E-state index in [2.05, 4.69) is 42.4 Å². The van der Waals surface area contributed by atoms with Crippen molar-refractivity contribution >= 4 is 68.3 Å². The summed E-state index contributed by atoms with van der Waals surface area (Å²) in [6.45, 7) is 7.79. The molecule has 0 saturated carbocycles. The van der Waals surface area contributed by atoms with Crippen molar-refractivity contribution in [2.75, 3.05) is 77.1 Å². The molecule has 3 amide bonds. The molecule has 3 unspecified atom stereocenters. The molecule has 6 aromatic carbocycles. The second-order valence-electron chi connectivity index (χ2n) is 24.2. The van der Waals surface area contributed by atoms with Crippen LogP contribution in [-0.2, 0) is 14.4 Å². The number of hydrogen-bond acceptors (Lipinski definition) is 19. The summed E-state index contributed by atoms with van der Waals surface area (Å²) in [6, 6.07) is 51.8. The summed E-state index contributed by atoms with van der Waals surface area (Å²) in [4.78, 5) is 69.8. The second-order valence-corrected chi connectivity index (χ2v) is 24.2. The smallest absolute Gasteiger partial charge is 0.298 e. The highest BCUT2D eigenvalue weighted by atomic mass is 16.5. The molecule has 9 heterocycles. The zero-order valence-corrected chi connectivity index (χ0v) is 55.0. The number of anilines is 3. The topological polar surface area (TPSA) is 301 Å². The molecule has 12 aromatic rings. The molecule has 502 valence electrons. The molecular formula is C75H71N19O6. The average molecular weight is 1330 g/mol. The molecule has 3 aliphatic rings. The van der Waals surface area contributed by atoms with E-state index in [0.717, 1.165) is 71.2 Å². The Labute approximate surface area is 575 Å². The third-order valence-electron chi connectivity index (χ3n) is 17.3. The Hall–Kier alpha value is -12.8. The standard InChI is InChI=1S/C27H29N7O2.C24H22N6O2.C24H20N6O2/c1-32(2)15-6-9-23(35)33-16-14-20(17-33)34-27-24(26(28)29-18-30-27)25(31-34)19-10-12-22(13-11-19)36-21-7-4-3-5-8-21;2*1-2-20(31)29-13-12-17(14-29)30-24-21(23(25)26-15-27-24)22(28-30)16-8-10-19(11-9-16)32-18-6-4-3-5-7-18/h3-13,18,20H,14-17H2,1-2H3,(H2,28,29,30);2-11,15,17H,1,12-14H2,(H2,25,26,27);1,3-11,15,17H,12-14H2,(H2,25,26,27)/b9-6+;;. The van der Waals surface area contributed by atoms with Crippen LogP contribution in [-0.4, -0.2) is 156 Å². The number of benzene rings is 6. The van der Waals surface area contributed by atoms with Crippen molar-refractivity contribution in [3.8, 4) is 80.6 Å². The van der Waals surface area contributed by atoms with Gasteiger partial charge in [0, 0.05) is 68.6 Å². The van der Waals surface area contributed by atoms with Crippen LogP contribution in [0.1, 0.15) is 37.4 Å². The number of carbonyl (C=O) groups is 3. The van der Waals surface area contributed by atoms with E-state index in [0.29, 0.717) is 113 Å². The van der Waals surface area contributed by atoms with Gasteiger partial charge in [0.05, 0.1) is 34.3 Å². The van der Waals surface area contributed by atoms with E-state index in [1.165, 1.54) is 25.1 Å². The fraction of sp³-hybridized carbons (Fsp3) is 0.200. The largest absolute Gasteiger partial charge is 0.457 e. The summed E-state index contributed by atoms with van der Waals surface area (Å²) in [7, 11) is 3.94. The van der Waals surface area contributed by atoms with Crippen LogP contribution in [0.3, 0.4) is 0 Å². The minimum absolute atomic E-state index is 0.00226. The molecule has 25 nitrogen and oxygen atoms in total. The number of ether oxygens (including phenoxy) is 3. The van der Waals surface area contributed by atoms with E-state index in [-0.39, 0.29) is 35.8 Å². The first kappa shape index (κ1) is 65.8. The SMILES string of the molecule is C#CC(=O)N1CCC(n2nc(-c3ccc(Oc4ccccc4)cc3)c3c(N)ncnc32)C1.C=CC(=O)N1CCC(n2nc(-c3ccc(Oc4ccccc4)cc3)c3c(N)ncnc32)C1.CN(C)C/C=C/C(=O)N1CCC(n2nc(-c3ccc(Oc4ccccc4)cc3)c3c(N)ncnc32)C1. The van der Waals surface area contributed by atoms with Crippen LogP contribution in [0.5, 0.6) is 34.5 Å². The second kappa shape index (κ2) is 29.7. The molecule has 15 rings (SSSR count). The molecular weight excluding hydrogens is 1260 g/mol. The Bertz CT molecular complexity index is 4980. The highest BCUT2D eigenvalue weighted by Crippen LogP contribution is 2.39. The molecule has 3 fully saturated rings. The van der Waals surface area contributed by atoms with Crippen molar-refractivity contribution in [3.63, 3.8) is 0 Å². The van der Waals surface area contributed by atoms with Gasteiger partial charge in [-0.1, -0.05) is 67.3 Å². The number of amides is 3. The van der Waals surface area contributed by atoms with Gasteiger partial charge in [-0.3, -0.25) is 14.4 Å². The van der Waals surface area contributed by atoms with Gasteiger partial charge in [-0.15, -0.1) is 6.42 Å². The third-order valence-corrected chi connectivity index (χ3v) is 17.3. The number of aromatic nitrogens is 12. The maximum Gasteiger partial charge on any atom is 0.298 e. The van der Waals surface area contributed by atoms with E-state index >= 15 is 0 Å². The lowest BCUT2D eigenvalue weighted by molar-refractivity contribution is -0.125. The normalized spacial score (nSPS) is 15.7. The molecule has 3 saturated heterocycles.